The number of furan rings is 1. The first-order valence-electron chi connectivity index (χ1n) is 9.99. The topological polar surface area (TPSA) is 90.9 Å². The monoisotopic (exact) mass is 448 g/mol. The molecule has 0 aliphatic carbocycles. The first kappa shape index (κ1) is 23.6. The third-order valence-electron chi connectivity index (χ3n) is 5.11. The lowest BCUT2D eigenvalue weighted by Crippen LogP contribution is -2.42. The highest BCUT2D eigenvalue weighted by molar-refractivity contribution is 6.00. The summed E-state index contributed by atoms with van der Waals surface area (Å²) in [4.78, 5) is 10.6. The van der Waals surface area contributed by atoms with E-state index in [2.05, 4.69) is 0 Å². The van der Waals surface area contributed by atoms with Gasteiger partial charge in [0.05, 0.1) is 6.10 Å². The molecule has 3 rings (SSSR count). The highest BCUT2D eigenvalue weighted by Gasteiger charge is 2.47. The van der Waals surface area contributed by atoms with Crippen LogP contribution >= 0.6 is 0 Å². The van der Waals surface area contributed by atoms with Crippen LogP contribution in [-0.4, -0.2) is 39.4 Å². The molecule has 3 aromatic rings. The van der Waals surface area contributed by atoms with Gasteiger partial charge in [0.25, 0.3) is 0 Å². The maximum Gasteiger partial charge on any atom is 0.377 e. The van der Waals surface area contributed by atoms with Crippen molar-refractivity contribution in [2.45, 2.75) is 44.3 Å². The molecule has 170 valence electrons. The predicted molar refractivity (Wildman–Crippen MR) is 114 cm³/mol. The van der Waals surface area contributed by atoms with Crippen molar-refractivity contribution in [2.75, 3.05) is 0 Å². The van der Waals surface area contributed by atoms with Crippen LogP contribution in [0.2, 0.25) is 0 Å². The van der Waals surface area contributed by atoms with Crippen LogP contribution in [0.3, 0.4) is 0 Å². The van der Waals surface area contributed by atoms with E-state index in [1.807, 2.05) is 19.9 Å². The zero-order valence-electron chi connectivity index (χ0n) is 17.4. The van der Waals surface area contributed by atoms with Crippen molar-refractivity contribution in [1.29, 1.82) is 0 Å². The Balaban J connectivity index is 2.02. The molecular weight excluding hydrogens is 425 g/mol. The molecule has 0 saturated carbocycles. The van der Waals surface area contributed by atoms with E-state index in [-0.39, 0.29) is 11.7 Å². The lowest BCUT2D eigenvalue weighted by Gasteiger charge is -2.19. The van der Waals surface area contributed by atoms with Gasteiger partial charge in [0.15, 0.2) is 0 Å². The van der Waals surface area contributed by atoms with Gasteiger partial charge < -0.3 is 19.7 Å². The van der Waals surface area contributed by atoms with Crippen LogP contribution in [0.1, 0.15) is 37.5 Å². The molecule has 0 aliphatic rings. The maximum absolute atomic E-state index is 13.4. The Hall–Kier alpha value is -3.10. The lowest BCUT2D eigenvalue weighted by atomic mass is 9.95. The number of carboxylic acids is 1. The van der Waals surface area contributed by atoms with Crippen LogP contribution < -0.4 is 0 Å². The normalized spacial score (nSPS) is 14.4. The summed E-state index contributed by atoms with van der Waals surface area (Å²) in [6, 6.07) is 11.3. The summed E-state index contributed by atoms with van der Waals surface area (Å²) in [5.74, 6) is -6.68. The first-order valence-corrected chi connectivity index (χ1v) is 9.99. The molecule has 0 fully saturated rings. The summed E-state index contributed by atoms with van der Waals surface area (Å²) in [6.45, 7) is 3.81. The molecule has 1 aromatic heterocycles. The Morgan fingerprint density at radius 1 is 1.12 bits per heavy atom. The van der Waals surface area contributed by atoms with Gasteiger partial charge in [-0.25, -0.2) is 9.18 Å². The molecule has 1 heterocycles. The molecule has 0 aliphatic heterocycles. The first-order chi connectivity index (χ1) is 15.0. The van der Waals surface area contributed by atoms with Crippen LogP contribution in [-0.2, 0) is 4.79 Å². The van der Waals surface area contributed by atoms with Crippen molar-refractivity contribution < 1.29 is 37.7 Å². The molecule has 0 bridgehead atoms. The van der Waals surface area contributed by atoms with Gasteiger partial charge in [0, 0.05) is 23.3 Å². The summed E-state index contributed by atoms with van der Waals surface area (Å²) >= 11 is 0. The molecule has 0 amide bonds. The summed E-state index contributed by atoms with van der Waals surface area (Å²) in [6.07, 6.45) is -2.24. The molecule has 0 saturated heterocycles. The van der Waals surface area contributed by atoms with E-state index >= 15 is 0 Å². The fourth-order valence-electron chi connectivity index (χ4n) is 3.46. The van der Waals surface area contributed by atoms with E-state index < -0.39 is 30.5 Å². The van der Waals surface area contributed by atoms with Crippen molar-refractivity contribution in [3.05, 3.63) is 65.7 Å². The van der Waals surface area contributed by atoms with Crippen LogP contribution in [0.15, 0.2) is 53.0 Å². The van der Waals surface area contributed by atoms with Gasteiger partial charge in [0.1, 0.15) is 23.3 Å². The van der Waals surface area contributed by atoms with Crippen molar-refractivity contribution >= 4 is 23.0 Å². The molecule has 8 heteroatoms. The average molecular weight is 448 g/mol. The van der Waals surface area contributed by atoms with Gasteiger partial charge in [-0.05, 0) is 29.3 Å². The minimum Gasteiger partial charge on any atom is -0.477 e. The number of halogens is 3. The molecule has 3 N–H and O–H groups in total. The van der Waals surface area contributed by atoms with E-state index in [9.17, 15) is 28.2 Å². The summed E-state index contributed by atoms with van der Waals surface area (Å²) in [7, 11) is 0. The highest BCUT2D eigenvalue weighted by atomic mass is 19.3. The molecule has 5 nitrogen and oxygen atoms in total. The smallest absolute Gasteiger partial charge is 0.377 e. The largest absolute Gasteiger partial charge is 0.477 e. The molecule has 0 spiro atoms. The number of aliphatic carboxylic acids is 1. The number of fused-ring (bicyclic) bond motifs is 1. The highest BCUT2D eigenvalue weighted by Crippen LogP contribution is 2.38. The summed E-state index contributed by atoms with van der Waals surface area (Å²) < 4.78 is 46.2. The van der Waals surface area contributed by atoms with E-state index in [0.717, 1.165) is 11.1 Å². The Bertz CT molecular complexity index is 1130. The number of carboxylic acid groups (broad SMARTS) is 1. The lowest BCUT2D eigenvalue weighted by molar-refractivity contribution is -0.184. The third kappa shape index (κ3) is 4.71. The predicted octanol–water partition coefficient (Wildman–Crippen LogP) is 5.21. The fourth-order valence-corrected chi connectivity index (χ4v) is 3.46. The minimum absolute atomic E-state index is 0.0535. The van der Waals surface area contributed by atoms with Crippen LogP contribution in [0.5, 0.6) is 0 Å². The van der Waals surface area contributed by atoms with E-state index in [4.69, 9.17) is 9.52 Å². The van der Waals surface area contributed by atoms with Gasteiger partial charge in [-0.1, -0.05) is 50.3 Å². The number of alkyl halides is 2. The zero-order chi connectivity index (χ0) is 23.6. The zero-order valence-corrected chi connectivity index (χ0v) is 17.4. The van der Waals surface area contributed by atoms with Gasteiger partial charge in [-0.3, -0.25) is 0 Å². The number of hydrogen-bond acceptors (Lipinski definition) is 4. The van der Waals surface area contributed by atoms with Gasteiger partial charge >= 0.3 is 11.9 Å². The van der Waals surface area contributed by atoms with Gasteiger partial charge in [0.2, 0.25) is 0 Å². The summed E-state index contributed by atoms with van der Waals surface area (Å²) in [5, 5.41) is 28.9. The minimum atomic E-state index is -4.38. The molecule has 32 heavy (non-hydrogen) atoms. The fraction of sp³-hybridized carbons (Fsp3) is 0.292. The number of hydrogen-bond donors (Lipinski definition) is 3. The van der Waals surface area contributed by atoms with Crippen LogP contribution in [0, 0.1) is 5.82 Å². The van der Waals surface area contributed by atoms with Crippen LogP contribution in [0.25, 0.3) is 28.2 Å². The second-order valence-electron chi connectivity index (χ2n) is 7.83. The Morgan fingerprint density at radius 3 is 2.38 bits per heavy atom. The standard InChI is InChI=1S/C24H23F3O5/c1-13(2)22-18(11-10-16(28)12-20(29)24(26,27)23(30)31)21-17(4-3-5-19(21)32-22)14-6-8-15(25)9-7-14/h3-11,13,16,20,28-29H,12H2,1-2H3,(H,30,31)/t16-,20-/m1/s1. The van der Waals surface area contributed by atoms with E-state index in [0.29, 0.717) is 22.3 Å². The van der Waals surface area contributed by atoms with E-state index in [1.165, 1.54) is 24.3 Å². The number of benzene rings is 2. The van der Waals surface area contributed by atoms with Crippen molar-refractivity contribution in [1.82, 2.24) is 0 Å². The average Bonchev–Trinajstić information content (AvgIpc) is 3.11. The number of aliphatic hydroxyl groups is 2. The maximum atomic E-state index is 13.4. The van der Waals surface area contributed by atoms with Gasteiger partial charge in [-0.15, -0.1) is 0 Å². The second-order valence-corrected chi connectivity index (χ2v) is 7.83. The molecule has 2 aromatic carbocycles. The second kappa shape index (κ2) is 9.18. The quantitative estimate of drug-likeness (QED) is 0.440. The molecule has 0 unspecified atom stereocenters. The van der Waals surface area contributed by atoms with Gasteiger partial charge in [-0.2, -0.15) is 8.78 Å². The number of carbonyl (C=O) groups is 1. The Kier molecular flexibility index (Phi) is 6.76. The SMILES string of the molecule is CC(C)c1oc2cccc(-c3ccc(F)cc3)c2c1C=C[C@@H](O)C[C@@H](O)C(F)(F)C(=O)O. The van der Waals surface area contributed by atoms with Crippen molar-refractivity contribution in [3.8, 4) is 11.1 Å². The molecular formula is C24H23F3O5. The third-order valence-corrected chi connectivity index (χ3v) is 5.11. The molecule has 2 atom stereocenters. The van der Waals surface area contributed by atoms with Crippen molar-refractivity contribution in [3.63, 3.8) is 0 Å². The van der Waals surface area contributed by atoms with Crippen molar-refractivity contribution in [2.24, 2.45) is 0 Å². The Labute approximate surface area is 182 Å². The summed E-state index contributed by atoms with van der Waals surface area (Å²) in [5.41, 5.74) is 2.65. The number of rotatable bonds is 8. The molecule has 0 radical (unpaired) electrons. The Morgan fingerprint density at radius 2 is 1.78 bits per heavy atom. The number of aliphatic hydroxyl groups excluding tert-OH is 2. The van der Waals surface area contributed by atoms with E-state index in [1.54, 1.807) is 24.3 Å². The van der Waals surface area contributed by atoms with Crippen LogP contribution in [0.4, 0.5) is 13.2 Å².